The van der Waals surface area contributed by atoms with Crippen LogP contribution in [0.4, 0.5) is 4.39 Å². The van der Waals surface area contributed by atoms with Crippen molar-refractivity contribution in [1.82, 2.24) is 0 Å². The standard InChI is InChI=1S/C25H29FN2O/c26-24(17-28)3-1-2-19-8-14-25(15-9-19)29-18-21-6-12-23(13-7-21)22-10-4-20(16-27)5-11-22/h1-5,10-11,19,21,23,25H,6-9,12-15,18H2/b2-1+,24-3-/t19-,21-,23-,25-. The van der Waals surface area contributed by atoms with Gasteiger partial charge in [0.05, 0.1) is 17.7 Å². The Hall–Kier alpha value is -2.43. The minimum atomic E-state index is -0.743. The van der Waals surface area contributed by atoms with Crippen molar-refractivity contribution in [3.63, 3.8) is 0 Å². The fraction of sp³-hybridized carbons (Fsp3) is 0.520. The lowest BCUT2D eigenvalue weighted by atomic mass is 9.79. The molecule has 3 nitrogen and oxygen atoms in total. The van der Waals surface area contributed by atoms with E-state index in [1.807, 2.05) is 18.2 Å². The van der Waals surface area contributed by atoms with Gasteiger partial charge in [0.15, 0.2) is 5.83 Å². The van der Waals surface area contributed by atoms with Gasteiger partial charge in [0.1, 0.15) is 6.07 Å². The van der Waals surface area contributed by atoms with Crippen LogP contribution in [0.5, 0.6) is 0 Å². The van der Waals surface area contributed by atoms with E-state index in [-0.39, 0.29) is 0 Å². The first kappa shape index (κ1) is 21.3. The third-order valence-corrected chi connectivity index (χ3v) is 6.38. The van der Waals surface area contributed by atoms with Crippen molar-refractivity contribution in [1.29, 1.82) is 10.5 Å². The Morgan fingerprint density at radius 1 is 1.00 bits per heavy atom. The lowest BCUT2D eigenvalue weighted by molar-refractivity contribution is -0.00456. The van der Waals surface area contributed by atoms with E-state index in [1.54, 1.807) is 6.08 Å². The normalized spacial score (nSPS) is 28.0. The highest BCUT2D eigenvalue weighted by molar-refractivity contribution is 5.33. The van der Waals surface area contributed by atoms with Crippen molar-refractivity contribution in [2.45, 2.75) is 63.4 Å². The highest BCUT2D eigenvalue weighted by atomic mass is 19.1. The average molecular weight is 393 g/mol. The van der Waals surface area contributed by atoms with E-state index in [9.17, 15) is 4.39 Å². The van der Waals surface area contributed by atoms with Crippen LogP contribution in [0.25, 0.3) is 0 Å². The van der Waals surface area contributed by atoms with Crippen molar-refractivity contribution in [2.75, 3.05) is 6.61 Å². The maximum Gasteiger partial charge on any atom is 0.199 e. The molecule has 1 aromatic carbocycles. The van der Waals surface area contributed by atoms with Gasteiger partial charge in [0.2, 0.25) is 0 Å². The van der Waals surface area contributed by atoms with Gasteiger partial charge in [-0.1, -0.05) is 24.3 Å². The molecule has 2 fully saturated rings. The number of hydrogen-bond acceptors (Lipinski definition) is 3. The maximum absolute atomic E-state index is 12.8. The minimum Gasteiger partial charge on any atom is -0.378 e. The van der Waals surface area contributed by atoms with Crippen LogP contribution in [0.3, 0.4) is 0 Å². The second-order valence-corrected chi connectivity index (χ2v) is 8.33. The van der Waals surface area contributed by atoms with Crippen molar-refractivity contribution in [3.8, 4) is 12.1 Å². The van der Waals surface area contributed by atoms with Crippen molar-refractivity contribution < 1.29 is 9.13 Å². The number of rotatable bonds is 6. The molecule has 0 heterocycles. The summed E-state index contributed by atoms with van der Waals surface area (Å²) in [6.45, 7) is 0.862. The number of benzene rings is 1. The SMILES string of the molecule is N#C/C(F)=C/C=C/[C@H]1CC[C@H](OC[C@H]2CC[C@H](c3ccc(C#N)cc3)CC2)CC1. The Morgan fingerprint density at radius 3 is 2.31 bits per heavy atom. The Balaban J connectivity index is 1.34. The summed E-state index contributed by atoms with van der Waals surface area (Å²) in [7, 11) is 0. The predicted molar refractivity (Wildman–Crippen MR) is 111 cm³/mol. The summed E-state index contributed by atoms with van der Waals surface area (Å²) >= 11 is 0. The monoisotopic (exact) mass is 392 g/mol. The smallest absolute Gasteiger partial charge is 0.199 e. The largest absolute Gasteiger partial charge is 0.378 e. The second-order valence-electron chi connectivity index (χ2n) is 8.33. The predicted octanol–water partition coefficient (Wildman–Crippen LogP) is 6.34. The number of allylic oxidation sites excluding steroid dienone is 4. The van der Waals surface area contributed by atoms with E-state index in [0.717, 1.165) is 37.9 Å². The summed E-state index contributed by atoms with van der Waals surface area (Å²) < 4.78 is 19.0. The van der Waals surface area contributed by atoms with Crippen LogP contribution in [0.1, 0.15) is 68.4 Å². The molecule has 2 saturated carbocycles. The van der Waals surface area contributed by atoms with Gasteiger partial charge in [-0.3, -0.25) is 0 Å². The van der Waals surface area contributed by atoms with Crippen LogP contribution in [0, 0.1) is 34.5 Å². The molecule has 0 amide bonds. The first-order valence-corrected chi connectivity index (χ1v) is 10.7. The zero-order valence-corrected chi connectivity index (χ0v) is 16.9. The molecule has 0 N–H and O–H groups in total. The van der Waals surface area contributed by atoms with Gasteiger partial charge in [-0.05, 0) is 92.9 Å². The van der Waals surface area contributed by atoms with E-state index in [2.05, 4.69) is 18.2 Å². The summed E-state index contributed by atoms with van der Waals surface area (Å²) in [5.41, 5.74) is 2.09. The molecule has 0 unspecified atom stereocenters. The first-order valence-electron chi connectivity index (χ1n) is 10.7. The fourth-order valence-corrected chi connectivity index (χ4v) is 4.55. The molecule has 3 rings (SSSR count). The quantitative estimate of drug-likeness (QED) is 0.419. The Labute approximate surface area is 173 Å². The van der Waals surface area contributed by atoms with E-state index in [0.29, 0.717) is 23.9 Å². The highest BCUT2D eigenvalue weighted by Crippen LogP contribution is 2.36. The van der Waals surface area contributed by atoms with Crippen LogP contribution in [0.2, 0.25) is 0 Å². The van der Waals surface area contributed by atoms with Crippen LogP contribution in [-0.2, 0) is 4.74 Å². The molecule has 1 aromatic rings. The molecule has 29 heavy (non-hydrogen) atoms. The van der Waals surface area contributed by atoms with Gasteiger partial charge in [-0.2, -0.15) is 14.9 Å². The van der Waals surface area contributed by atoms with Crippen molar-refractivity contribution in [3.05, 3.63) is 59.4 Å². The lowest BCUT2D eigenvalue weighted by Crippen LogP contribution is -2.25. The molecule has 2 aliphatic carbocycles. The fourth-order valence-electron chi connectivity index (χ4n) is 4.55. The van der Waals surface area contributed by atoms with Crippen molar-refractivity contribution in [2.24, 2.45) is 11.8 Å². The molecule has 0 saturated heterocycles. The van der Waals surface area contributed by atoms with Gasteiger partial charge in [0, 0.05) is 6.61 Å². The molecule has 0 atom stereocenters. The summed E-state index contributed by atoms with van der Waals surface area (Å²) in [5, 5.41) is 17.3. The van der Waals surface area contributed by atoms with E-state index >= 15 is 0 Å². The number of ether oxygens (including phenoxy) is 1. The third-order valence-electron chi connectivity index (χ3n) is 6.38. The molecule has 152 valence electrons. The molecule has 0 aliphatic heterocycles. The van der Waals surface area contributed by atoms with Crippen LogP contribution >= 0.6 is 0 Å². The molecular weight excluding hydrogens is 363 g/mol. The van der Waals surface area contributed by atoms with Gasteiger partial charge >= 0.3 is 0 Å². The lowest BCUT2D eigenvalue weighted by Gasteiger charge is -2.32. The Bertz CT molecular complexity index is 784. The topological polar surface area (TPSA) is 56.8 Å². The average Bonchev–Trinajstić information content (AvgIpc) is 2.79. The van der Waals surface area contributed by atoms with Crippen LogP contribution in [0.15, 0.2) is 48.3 Å². The number of nitrogens with zero attached hydrogens (tertiary/aromatic N) is 2. The molecule has 2 aliphatic rings. The summed E-state index contributed by atoms with van der Waals surface area (Å²) in [6, 6.07) is 11.7. The maximum atomic E-state index is 12.8. The third kappa shape index (κ3) is 6.55. The second kappa shape index (κ2) is 10.9. The Kier molecular flexibility index (Phi) is 8.03. The van der Waals surface area contributed by atoms with Crippen molar-refractivity contribution >= 4 is 0 Å². The van der Waals surface area contributed by atoms with E-state index in [1.165, 1.54) is 43.4 Å². The zero-order valence-electron chi connectivity index (χ0n) is 16.9. The molecule has 0 radical (unpaired) electrons. The number of halogens is 1. The highest BCUT2D eigenvalue weighted by Gasteiger charge is 2.25. The molecule has 0 aromatic heterocycles. The zero-order chi connectivity index (χ0) is 20.5. The summed E-state index contributed by atoms with van der Waals surface area (Å²) in [6.07, 6.45) is 14.3. The van der Waals surface area contributed by atoms with Crippen LogP contribution in [-0.4, -0.2) is 12.7 Å². The van der Waals surface area contributed by atoms with E-state index in [4.69, 9.17) is 15.3 Å². The minimum absolute atomic E-state index is 0.349. The van der Waals surface area contributed by atoms with Gasteiger partial charge in [0.25, 0.3) is 0 Å². The molecular formula is C25H29FN2O. The summed E-state index contributed by atoms with van der Waals surface area (Å²) in [5.74, 6) is 0.982. The van der Waals surface area contributed by atoms with Gasteiger partial charge < -0.3 is 4.74 Å². The summed E-state index contributed by atoms with van der Waals surface area (Å²) in [4.78, 5) is 0. The van der Waals surface area contributed by atoms with E-state index < -0.39 is 5.83 Å². The molecule has 4 heteroatoms. The first-order chi connectivity index (χ1) is 14.2. The number of nitriles is 2. The molecule has 0 bridgehead atoms. The Morgan fingerprint density at radius 2 is 1.69 bits per heavy atom. The van der Waals surface area contributed by atoms with Gasteiger partial charge in [-0.25, -0.2) is 0 Å². The van der Waals surface area contributed by atoms with Crippen LogP contribution < -0.4 is 0 Å². The van der Waals surface area contributed by atoms with Gasteiger partial charge in [-0.15, -0.1) is 0 Å². The number of hydrogen-bond donors (Lipinski definition) is 0. The molecule has 0 spiro atoms.